The van der Waals surface area contributed by atoms with Crippen LogP contribution in [0.1, 0.15) is 28.8 Å². The van der Waals surface area contributed by atoms with Crippen molar-refractivity contribution in [1.29, 1.82) is 0 Å². The molecule has 0 aliphatic carbocycles. The smallest absolute Gasteiger partial charge is 0.224 e. The molecule has 1 atom stereocenters. The molecule has 0 fully saturated rings. The van der Waals surface area contributed by atoms with Crippen LogP contribution in [0.3, 0.4) is 0 Å². The number of nitrogens with zero attached hydrogens (tertiary/aromatic N) is 3. The van der Waals surface area contributed by atoms with Gasteiger partial charge in [-0.25, -0.2) is 4.98 Å². The lowest BCUT2D eigenvalue weighted by Crippen LogP contribution is -2.27. The number of fused-ring (bicyclic) bond motifs is 1. The first-order valence-corrected chi connectivity index (χ1v) is 12.7. The van der Waals surface area contributed by atoms with Crippen molar-refractivity contribution in [2.24, 2.45) is 0 Å². The van der Waals surface area contributed by atoms with Crippen LogP contribution in [0, 0.1) is 0 Å². The minimum Gasteiger partial charge on any atom is -0.467 e. The molecular formula is C29H27ClN4O5. The molecule has 4 aromatic heterocycles. The Balaban J connectivity index is 1.40. The molecule has 5 aromatic rings. The molecule has 0 saturated heterocycles. The number of rotatable bonds is 10. The van der Waals surface area contributed by atoms with Crippen LogP contribution in [0.2, 0.25) is 5.02 Å². The molecule has 0 saturated carbocycles. The van der Waals surface area contributed by atoms with Gasteiger partial charge >= 0.3 is 0 Å². The van der Waals surface area contributed by atoms with E-state index in [0.717, 1.165) is 5.56 Å². The number of aromatic nitrogens is 2. The second kappa shape index (κ2) is 11.7. The summed E-state index contributed by atoms with van der Waals surface area (Å²) in [5.74, 6) is 1.27. The van der Waals surface area contributed by atoms with Gasteiger partial charge in [0.05, 0.1) is 24.6 Å². The van der Waals surface area contributed by atoms with Crippen LogP contribution in [-0.2, 0) is 24.3 Å². The van der Waals surface area contributed by atoms with E-state index in [9.17, 15) is 14.7 Å². The Morgan fingerprint density at radius 3 is 2.72 bits per heavy atom. The maximum atomic E-state index is 13.4. The lowest BCUT2D eigenvalue weighted by Gasteiger charge is -2.18. The Labute approximate surface area is 229 Å². The van der Waals surface area contributed by atoms with E-state index in [1.54, 1.807) is 59.4 Å². The van der Waals surface area contributed by atoms with E-state index in [1.165, 1.54) is 6.26 Å². The highest BCUT2D eigenvalue weighted by molar-refractivity contribution is 6.30. The van der Waals surface area contributed by atoms with Crippen molar-refractivity contribution in [3.05, 3.63) is 117 Å². The van der Waals surface area contributed by atoms with E-state index < -0.39 is 6.10 Å². The second-order valence-electron chi connectivity index (χ2n) is 9.28. The summed E-state index contributed by atoms with van der Waals surface area (Å²) in [4.78, 5) is 32.5. The fraction of sp³-hybridized carbons (Fsp3) is 0.207. The molecule has 0 aliphatic rings. The third kappa shape index (κ3) is 6.28. The number of aliphatic hydroxyl groups is 1. The SMILES string of the molecule is CN(Cc1cc2c(=O)c(CC(=O)NCc3ccc(Cl)cc3)cn(-c3ccccn3)c2o1)C[C@@H](O)c1ccco1. The van der Waals surface area contributed by atoms with Crippen molar-refractivity contribution in [1.82, 2.24) is 19.8 Å². The van der Waals surface area contributed by atoms with Crippen molar-refractivity contribution in [2.75, 3.05) is 13.6 Å². The minimum atomic E-state index is -0.805. The number of pyridine rings is 2. The number of furan rings is 2. The number of carbonyl (C=O) groups is 1. The summed E-state index contributed by atoms with van der Waals surface area (Å²) in [7, 11) is 1.83. The van der Waals surface area contributed by atoms with Crippen LogP contribution in [0.4, 0.5) is 0 Å². The summed E-state index contributed by atoms with van der Waals surface area (Å²) >= 11 is 5.93. The van der Waals surface area contributed by atoms with Crippen LogP contribution in [0.15, 0.2) is 92.9 Å². The van der Waals surface area contributed by atoms with E-state index >= 15 is 0 Å². The van der Waals surface area contributed by atoms with Gasteiger partial charge in [-0.3, -0.25) is 19.1 Å². The monoisotopic (exact) mass is 546 g/mol. The van der Waals surface area contributed by atoms with Gasteiger partial charge in [0, 0.05) is 36.1 Å². The molecule has 5 rings (SSSR count). The largest absolute Gasteiger partial charge is 0.467 e. The van der Waals surface area contributed by atoms with Gasteiger partial charge in [0.1, 0.15) is 23.4 Å². The highest BCUT2D eigenvalue weighted by Gasteiger charge is 2.20. The predicted molar refractivity (Wildman–Crippen MR) is 147 cm³/mol. The van der Waals surface area contributed by atoms with Crippen molar-refractivity contribution in [3.63, 3.8) is 0 Å². The van der Waals surface area contributed by atoms with Crippen LogP contribution in [0.25, 0.3) is 16.9 Å². The van der Waals surface area contributed by atoms with Gasteiger partial charge in [0.2, 0.25) is 11.6 Å². The lowest BCUT2D eigenvalue weighted by atomic mass is 10.1. The van der Waals surface area contributed by atoms with E-state index in [2.05, 4.69) is 10.3 Å². The summed E-state index contributed by atoms with van der Waals surface area (Å²) in [5, 5.41) is 14.2. The fourth-order valence-electron chi connectivity index (χ4n) is 4.32. The average Bonchev–Trinajstić information content (AvgIpc) is 3.61. The van der Waals surface area contributed by atoms with Gasteiger partial charge in [-0.1, -0.05) is 29.8 Å². The molecule has 200 valence electrons. The van der Waals surface area contributed by atoms with Crippen LogP contribution >= 0.6 is 11.6 Å². The van der Waals surface area contributed by atoms with Crippen LogP contribution < -0.4 is 10.7 Å². The average molecular weight is 547 g/mol. The summed E-state index contributed by atoms with van der Waals surface area (Å²) in [5.41, 5.74) is 1.26. The van der Waals surface area contributed by atoms with Gasteiger partial charge < -0.3 is 19.3 Å². The van der Waals surface area contributed by atoms with Gasteiger partial charge in [-0.05, 0) is 55.1 Å². The molecule has 1 amide bonds. The second-order valence-corrected chi connectivity index (χ2v) is 9.72. The highest BCUT2D eigenvalue weighted by atomic mass is 35.5. The lowest BCUT2D eigenvalue weighted by molar-refractivity contribution is -0.120. The first kappa shape index (κ1) is 26.4. The third-order valence-electron chi connectivity index (χ3n) is 6.24. The molecule has 9 nitrogen and oxygen atoms in total. The zero-order chi connectivity index (χ0) is 27.4. The number of benzene rings is 1. The molecule has 0 aliphatic heterocycles. The number of aliphatic hydroxyl groups excluding tert-OH is 1. The molecule has 2 N–H and O–H groups in total. The maximum Gasteiger partial charge on any atom is 0.224 e. The van der Waals surface area contributed by atoms with E-state index in [0.29, 0.717) is 58.7 Å². The zero-order valence-electron chi connectivity index (χ0n) is 21.2. The quantitative estimate of drug-likeness (QED) is 0.269. The Kier molecular flexibility index (Phi) is 7.92. The van der Waals surface area contributed by atoms with Gasteiger partial charge in [-0.2, -0.15) is 0 Å². The Morgan fingerprint density at radius 2 is 2.00 bits per heavy atom. The van der Waals surface area contributed by atoms with Crippen molar-refractivity contribution in [2.45, 2.75) is 25.6 Å². The Hall–Kier alpha value is -4.18. The number of hydrogen-bond acceptors (Lipinski definition) is 7. The molecular weight excluding hydrogens is 520 g/mol. The highest BCUT2D eigenvalue weighted by Crippen LogP contribution is 2.23. The summed E-state index contributed by atoms with van der Waals surface area (Å²) in [6, 6.07) is 17.7. The predicted octanol–water partition coefficient (Wildman–Crippen LogP) is 4.25. The molecule has 0 unspecified atom stereocenters. The number of carbonyl (C=O) groups excluding carboxylic acids is 1. The number of halogens is 1. The molecule has 0 spiro atoms. The molecule has 0 bridgehead atoms. The molecule has 4 heterocycles. The van der Waals surface area contributed by atoms with E-state index in [-0.39, 0.29) is 17.8 Å². The van der Waals surface area contributed by atoms with Crippen molar-refractivity contribution < 1.29 is 18.7 Å². The topological polar surface area (TPSA) is 114 Å². The molecule has 39 heavy (non-hydrogen) atoms. The first-order valence-electron chi connectivity index (χ1n) is 12.4. The normalized spacial score (nSPS) is 12.2. The minimum absolute atomic E-state index is 0.106. The standard InChI is InChI=1S/C29H27ClN4O5/c1-33(18-24(35)25-5-4-12-38-25)17-22-14-23-28(37)20(13-27(36)32-15-19-7-9-21(30)10-8-19)16-34(29(23)39-22)26-6-2-3-11-31-26/h2-12,14,16,24,35H,13,15,17-18H2,1H3,(H,32,36)/t24-/m1/s1. The maximum absolute atomic E-state index is 13.4. The summed E-state index contributed by atoms with van der Waals surface area (Å²) < 4.78 is 13.1. The molecule has 0 radical (unpaired) electrons. The van der Waals surface area contributed by atoms with Crippen molar-refractivity contribution in [3.8, 4) is 5.82 Å². The van der Waals surface area contributed by atoms with Crippen LogP contribution in [-0.4, -0.2) is 39.1 Å². The molecule has 10 heteroatoms. The Morgan fingerprint density at radius 1 is 1.18 bits per heavy atom. The first-order chi connectivity index (χ1) is 18.9. The fourth-order valence-corrected chi connectivity index (χ4v) is 4.45. The van der Waals surface area contributed by atoms with Crippen LogP contribution in [0.5, 0.6) is 0 Å². The van der Waals surface area contributed by atoms with Gasteiger partial charge in [0.25, 0.3) is 0 Å². The van der Waals surface area contributed by atoms with Crippen molar-refractivity contribution >= 4 is 28.6 Å². The number of hydrogen-bond donors (Lipinski definition) is 2. The number of nitrogens with one attached hydrogen (secondary N) is 1. The van der Waals surface area contributed by atoms with Gasteiger partial charge in [0.15, 0.2) is 5.43 Å². The summed E-state index contributed by atoms with van der Waals surface area (Å²) in [6.45, 7) is 0.956. The third-order valence-corrected chi connectivity index (χ3v) is 6.49. The zero-order valence-corrected chi connectivity index (χ0v) is 22.0. The van der Waals surface area contributed by atoms with Gasteiger partial charge in [-0.15, -0.1) is 0 Å². The number of amides is 1. The summed E-state index contributed by atoms with van der Waals surface area (Å²) in [6.07, 6.45) is 3.85. The molecule has 1 aromatic carbocycles. The van der Waals surface area contributed by atoms with E-state index in [1.807, 2.05) is 30.1 Å². The van der Waals surface area contributed by atoms with E-state index in [4.69, 9.17) is 20.4 Å². The number of likely N-dealkylation sites (N-methyl/N-ethyl adjacent to an activating group) is 1. The Bertz CT molecular complexity index is 1610.